The third-order valence-corrected chi connectivity index (χ3v) is 4.01. The zero-order valence-electron chi connectivity index (χ0n) is 15.5. The summed E-state index contributed by atoms with van der Waals surface area (Å²) in [6.07, 6.45) is 0.859. The number of amides is 1. The van der Waals surface area contributed by atoms with Gasteiger partial charge in [0.15, 0.2) is 0 Å². The minimum absolute atomic E-state index is 0.0309. The summed E-state index contributed by atoms with van der Waals surface area (Å²) in [7, 11) is 3.57. The summed E-state index contributed by atoms with van der Waals surface area (Å²) in [4.78, 5) is 11.9. The van der Waals surface area contributed by atoms with Gasteiger partial charge in [-0.2, -0.15) is 5.10 Å². The second-order valence-corrected chi connectivity index (χ2v) is 6.30. The number of nitrogens with one attached hydrogen (secondary N) is 2. The fourth-order valence-corrected chi connectivity index (χ4v) is 2.78. The van der Waals surface area contributed by atoms with E-state index in [1.54, 1.807) is 11.8 Å². The molecule has 6 heteroatoms. The van der Waals surface area contributed by atoms with E-state index in [0.717, 1.165) is 30.1 Å². The molecule has 0 bridgehead atoms. The van der Waals surface area contributed by atoms with Crippen molar-refractivity contribution < 1.29 is 9.53 Å². The lowest BCUT2D eigenvalue weighted by molar-refractivity contribution is 0.0953. The van der Waals surface area contributed by atoms with Crippen molar-refractivity contribution in [2.24, 2.45) is 7.05 Å². The van der Waals surface area contributed by atoms with Gasteiger partial charge in [0, 0.05) is 25.7 Å². The predicted molar refractivity (Wildman–Crippen MR) is 98.9 cm³/mol. The first-order chi connectivity index (χ1) is 12.0. The Balaban J connectivity index is 1.76. The molecule has 0 spiro atoms. The van der Waals surface area contributed by atoms with Crippen LogP contribution in [0.4, 0.5) is 0 Å². The van der Waals surface area contributed by atoms with Gasteiger partial charge in [-0.15, -0.1) is 0 Å². The molecule has 0 unspecified atom stereocenters. The Hall–Kier alpha value is -2.34. The van der Waals surface area contributed by atoms with Crippen molar-refractivity contribution in [1.82, 2.24) is 20.4 Å². The molecule has 0 aliphatic rings. The summed E-state index contributed by atoms with van der Waals surface area (Å²) >= 11 is 0. The van der Waals surface area contributed by atoms with Crippen LogP contribution in [0.2, 0.25) is 0 Å². The second kappa shape index (κ2) is 9.22. The molecule has 25 heavy (non-hydrogen) atoms. The van der Waals surface area contributed by atoms with E-state index in [2.05, 4.69) is 29.6 Å². The molecule has 0 fully saturated rings. The summed E-state index contributed by atoms with van der Waals surface area (Å²) in [6, 6.07) is 9.26. The van der Waals surface area contributed by atoms with Crippen LogP contribution in [0.1, 0.15) is 47.8 Å². The number of methoxy groups -OCH3 is 1. The first-order valence-electron chi connectivity index (χ1n) is 8.68. The number of carbonyl (C=O) groups is 1. The molecule has 2 rings (SSSR count). The van der Waals surface area contributed by atoms with Crippen molar-refractivity contribution in [3.8, 4) is 5.88 Å². The number of hydrogen-bond acceptors (Lipinski definition) is 4. The fraction of sp³-hybridized carbons (Fsp3) is 0.474. The van der Waals surface area contributed by atoms with Gasteiger partial charge >= 0.3 is 0 Å². The van der Waals surface area contributed by atoms with Gasteiger partial charge in [0.1, 0.15) is 0 Å². The quantitative estimate of drug-likeness (QED) is 0.686. The van der Waals surface area contributed by atoms with Gasteiger partial charge in [-0.25, -0.2) is 4.68 Å². The van der Waals surface area contributed by atoms with Crippen LogP contribution < -0.4 is 15.4 Å². The average Bonchev–Trinajstić information content (AvgIpc) is 2.94. The summed E-state index contributed by atoms with van der Waals surface area (Å²) < 4.78 is 7.25. The molecule has 2 N–H and O–H groups in total. The van der Waals surface area contributed by atoms with Gasteiger partial charge in [0.05, 0.1) is 18.4 Å². The van der Waals surface area contributed by atoms with E-state index in [-0.39, 0.29) is 5.91 Å². The number of aromatic nitrogens is 2. The first-order valence-corrected chi connectivity index (χ1v) is 8.68. The molecule has 0 saturated heterocycles. The van der Waals surface area contributed by atoms with Gasteiger partial charge in [-0.3, -0.25) is 4.79 Å². The summed E-state index contributed by atoms with van der Waals surface area (Å²) in [6.45, 7) is 6.42. The molecule has 1 aromatic heterocycles. The topological polar surface area (TPSA) is 68.2 Å². The molecule has 1 aromatic carbocycles. The normalized spacial score (nSPS) is 10.9. The maximum Gasteiger partial charge on any atom is 0.251 e. The van der Waals surface area contributed by atoms with Crippen LogP contribution in [0, 0.1) is 0 Å². The minimum atomic E-state index is -0.0309. The SMILES string of the molecule is COc1c(CNCCCNC(=O)c2ccccc2)c(C(C)C)nn1C. The summed E-state index contributed by atoms with van der Waals surface area (Å²) in [5.74, 6) is 1.11. The van der Waals surface area contributed by atoms with Crippen molar-refractivity contribution in [3.63, 3.8) is 0 Å². The predicted octanol–water partition coefficient (Wildman–Crippen LogP) is 2.46. The Morgan fingerprint density at radius 3 is 2.60 bits per heavy atom. The van der Waals surface area contributed by atoms with E-state index in [1.165, 1.54) is 0 Å². The minimum Gasteiger partial charge on any atom is -0.481 e. The van der Waals surface area contributed by atoms with E-state index in [1.807, 2.05) is 37.4 Å². The zero-order chi connectivity index (χ0) is 18.2. The first kappa shape index (κ1) is 19.0. The van der Waals surface area contributed by atoms with Crippen molar-refractivity contribution in [2.75, 3.05) is 20.2 Å². The van der Waals surface area contributed by atoms with Crippen molar-refractivity contribution in [1.29, 1.82) is 0 Å². The van der Waals surface area contributed by atoms with Gasteiger partial charge < -0.3 is 15.4 Å². The van der Waals surface area contributed by atoms with Crippen molar-refractivity contribution >= 4 is 5.91 Å². The van der Waals surface area contributed by atoms with Crippen LogP contribution in [-0.4, -0.2) is 35.9 Å². The van der Waals surface area contributed by atoms with Crippen LogP contribution in [0.5, 0.6) is 5.88 Å². The number of hydrogen-bond donors (Lipinski definition) is 2. The van der Waals surface area contributed by atoms with Gasteiger partial charge in [-0.1, -0.05) is 32.0 Å². The van der Waals surface area contributed by atoms with Crippen molar-refractivity contribution in [2.45, 2.75) is 32.7 Å². The van der Waals surface area contributed by atoms with Crippen LogP contribution in [0.15, 0.2) is 30.3 Å². The standard InChI is InChI=1S/C19H28N4O2/c1-14(2)17-16(19(25-4)23(3)22-17)13-20-11-8-12-21-18(24)15-9-6-5-7-10-15/h5-7,9-10,14,20H,8,11-13H2,1-4H3,(H,21,24). The summed E-state index contributed by atoms with van der Waals surface area (Å²) in [5, 5.41) is 10.9. The highest BCUT2D eigenvalue weighted by atomic mass is 16.5. The molecule has 0 saturated carbocycles. The molecule has 0 aliphatic carbocycles. The van der Waals surface area contributed by atoms with E-state index < -0.39 is 0 Å². The lowest BCUT2D eigenvalue weighted by Crippen LogP contribution is -2.27. The van der Waals surface area contributed by atoms with Crippen LogP contribution >= 0.6 is 0 Å². The number of rotatable bonds is 9. The van der Waals surface area contributed by atoms with Crippen LogP contribution in [0.3, 0.4) is 0 Å². The molecule has 0 aliphatic heterocycles. The highest BCUT2D eigenvalue weighted by Gasteiger charge is 2.18. The number of ether oxygens (including phenoxy) is 1. The highest BCUT2D eigenvalue weighted by Crippen LogP contribution is 2.26. The highest BCUT2D eigenvalue weighted by molar-refractivity contribution is 5.94. The fourth-order valence-electron chi connectivity index (χ4n) is 2.78. The monoisotopic (exact) mass is 344 g/mol. The molecule has 1 amide bonds. The Bertz CT molecular complexity index is 680. The molecule has 2 aromatic rings. The zero-order valence-corrected chi connectivity index (χ0v) is 15.5. The Morgan fingerprint density at radius 1 is 1.24 bits per heavy atom. The van der Waals surface area contributed by atoms with E-state index in [0.29, 0.717) is 24.6 Å². The second-order valence-electron chi connectivity index (χ2n) is 6.30. The van der Waals surface area contributed by atoms with Gasteiger partial charge in [0.25, 0.3) is 5.91 Å². The third kappa shape index (κ3) is 5.06. The van der Waals surface area contributed by atoms with E-state index in [4.69, 9.17) is 4.74 Å². The largest absolute Gasteiger partial charge is 0.481 e. The number of aryl methyl sites for hydroxylation is 1. The molecular formula is C19H28N4O2. The lowest BCUT2D eigenvalue weighted by Gasteiger charge is -2.10. The van der Waals surface area contributed by atoms with E-state index in [9.17, 15) is 4.79 Å². The average molecular weight is 344 g/mol. The molecule has 1 heterocycles. The molecular weight excluding hydrogens is 316 g/mol. The molecule has 0 radical (unpaired) electrons. The Labute approximate surface area is 149 Å². The van der Waals surface area contributed by atoms with Crippen molar-refractivity contribution in [3.05, 3.63) is 47.2 Å². The summed E-state index contributed by atoms with van der Waals surface area (Å²) in [5.41, 5.74) is 2.86. The van der Waals surface area contributed by atoms with Gasteiger partial charge in [0.2, 0.25) is 5.88 Å². The van der Waals surface area contributed by atoms with Gasteiger partial charge in [-0.05, 0) is 31.0 Å². The Morgan fingerprint density at radius 2 is 1.96 bits per heavy atom. The molecule has 0 atom stereocenters. The maximum absolute atomic E-state index is 11.9. The number of carbonyl (C=O) groups excluding carboxylic acids is 1. The molecule has 136 valence electrons. The van der Waals surface area contributed by atoms with Crippen LogP contribution in [0.25, 0.3) is 0 Å². The Kier molecular flexibility index (Phi) is 7.01. The van der Waals surface area contributed by atoms with Crippen LogP contribution in [-0.2, 0) is 13.6 Å². The molecule has 6 nitrogen and oxygen atoms in total. The number of nitrogens with zero attached hydrogens (tertiary/aromatic N) is 2. The number of benzene rings is 1. The lowest BCUT2D eigenvalue weighted by atomic mass is 10.1. The third-order valence-electron chi connectivity index (χ3n) is 4.01. The maximum atomic E-state index is 11.9. The van der Waals surface area contributed by atoms with E-state index >= 15 is 0 Å². The smallest absolute Gasteiger partial charge is 0.251 e.